The van der Waals surface area contributed by atoms with Crippen LogP contribution in [0.1, 0.15) is 28.8 Å². The Bertz CT molecular complexity index is 982. The van der Waals surface area contributed by atoms with Crippen molar-refractivity contribution in [2.45, 2.75) is 19.4 Å². The molecule has 1 N–H and O–H groups in total. The predicted molar refractivity (Wildman–Crippen MR) is 105 cm³/mol. The Morgan fingerprint density at radius 2 is 2.00 bits per heavy atom. The maximum absolute atomic E-state index is 14.6. The molecule has 0 saturated heterocycles. The van der Waals surface area contributed by atoms with Crippen LogP contribution in [-0.4, -0.2) is 23.4 Å². The maximum Gasteiger partial charge on any atom is 0.251 e. The fourth-order valence-electron chi connectivity index (χ4n) is 2.71. The second kappa shape index (κ2) is 9.46. The highest BCUT2D eigenvalue weighted by atomic mass is 35.5. The van der Waals surface area contributed by atoms with Crippen LogP contribution in [0.2, 0.25) is 0 Å². The summed E-state index contributed by atoms with van der Waals surface area (Å²) >= 11 is 5.58. The summed E-state index contributed by atoms with van der Waals surface area (Å²) in [7, 11) is 0. The zero-order valence-electron chi connectivity index (χ0n) is 15.1. The molecule has 0 saturated carbocycles. The molecule has 4 nitrogen and oxygen atoms in total. The average molecular weight is 405 g/mol. The normalized spacial score (nSPS) is 10.8. The number of nitrogens with one attached hydrogen (secondary N) is 1. The van der Waals surface area contributed by atoms with Crippen LogP contribution >= 0.6 is 11.6 Å². The first-order valence-electron chi connectivity index (χ1n) is 8.89. The summed E-state index contributed by atoms with van der Waals surface area (Å²) in [5.74, 6) is -1.92. The Hall–Kier alpha value is -2.73. The van der Waals surface area contributed by atoms with Crippen LogP contribution in [0.4, 0.5) is 8.78 Å². The fourth-order valence-corrected chi connectivity index (χ4v) is 2.90. The number of halogens is 3. The van der Waals surface area contributed by atoms with Gasteiger partial charge in [-0.15, -0.1) is 11.6 Å². The summed E-state index contributed by atoms with van der Waals surface area (Å²) in [4.78, 5) is 16.6. The summed E-state index contributed by atoms with van der Waals surface area (Å²) in [5.41, 5.74) is 1.35. The largest absolute Gasteiger partial charge is 0.488 e. The summed E-state index contributed by atoms with van der Waals surface area (Å²) < 4.78 is 33.6. The number of carbonyl (C=O) groups is 1. The van der Waals surface area contributed by atoms with Gasteiger partial charge in [-0.1, -0.05) is 12.1 Å². The summed E-state index contributed by atoms with van der Waals surface area (Å²) in [6.07, 6.45) is 2.97. The van der Waals surface area contributed by atoms with E-state index in [4.69, 9.17) is 16.3 Å². The number of hydrogen-bond donors (Lipinski definition) is 1. The van der Waals surface area contributed by atoms with Gasteiger partial charge in [0.1, 0.15) is 0 Å². The Labute approximate surface area is 166 Å². The monoisotopic (exact) mass is 404 g/mol. The third-order valence-corrected chi connectivity index (χ3v) is 4.48. The number of benzene rings is 2. The van der Waals surface area contributed by atoms with Crippen molar-refractivity contribution in [2.75, 3.05) is 12.5 Å². The first kappa shape index (κ1) is 20.0. The van der Waals surface area contributed by atoms with E-state index >= 15 is 0 Å². The average Bonchev–Trinajstić information content (AvgIpc) is 2.72. The number of pyridine rings is 1. The van der Waals surface area contributed by atoms with Gasteiger partial charge in [-0.05, 0) is 43.2 Å². The van der Waals surface area contributed by atoms with Crippen molar-refractivity contribution >= 4 is 28.4 Å². The molecule has 0 fully saturated rings. The molecule has 0 bridgehead atoms. The molecule has 1 aromatic heterocycles. The Morgan fingerprint density at radius 3 is 2.82 bits per heavy atom. The van der Waals surface area contributed by atoms with Crippen LogP contribution in [0.15, 0.2) is 48.7 Å². The number of amides is 1. The number of nitrogens with zero attached hydrogens (tertiary/aromatic N) is 1. The molecule has 3 rings (SSSR count). The van der Waals surface area contributed by atoms with Gasteiger partial charge in [-0.25, -0.2) is 8.78 Å². The van der Waals surface area contributed by atoms with E-state index in [0.29, 0.717) is 24.3 Å². The lowest BCUT2D eigenvalue weighted by Crippen LogP contribution is -2.23. The van der Waals surface area contributed by atoms with Gasteiger partial charge in [0.05, 0.1) is 12.1 Å². The second-order valence-corrected chi connectivity index (χ2v) is 6.57. The first-order chi connectivity index (χ1) is 13.6. The maximum atomic E-state index is 14.6. The molecule has 2 aromatic carbocycles. The predicted octanol–water partition coefficient (Wildman–Crippen LogP) is 4.84. The second-order valence-electron chi connectivity index (χ2n) is 6.19. The quantitative estimate of drug-likeness (QED) is 0.431. The van der Waals surface area contributed by atoms with E-state index in [1.807, 2.05) is 6.07 Å². The summed E-state index contributed by atoms with van der Waals surface area (Å²) in [6.45, 7) is 0.0789. The van der Waals surface area contributed by atoms with Gasteiger partial charge in [0, 0.05) is 35.1 Å². The minimum absolute atomic E-state index is 0.0892. The van der Waals surface area contributed by atoms with Crippen molar-refractivity contribution in [3.8, 4) is 5.75 Å². The number of hydrogen-bond acceptors (Lipinski definition) is 3. The van der Waals surface area contributed by atoms with Crippen LogP contribution in [0.3, 0.4) is 0 Å². The lowest BCUT2D eigenvalue weighted by atomic mass is 10.1. The van der Waals surface area contributed by atoms with Crippen molar-refractivity contribution in [2.24, 2.45) is 0 Å². The molecule has 0 aliphatic heterocycles. The zero-order chi connectivity index (χ0) is 19.9. The van der Waals surface area contributed by atoms with E-state index in [9.17, 15) is 13.6 Å². The van der Waals surface area contributed by atoms with Crippen LogP contribution in [-0.2, 0) is 6.54 Å². The van der Waals surface area contributed by atoms with Crippen LogP contribution in [0.25, 0.3) is 10.9 Å². The van der Waals surface area contributed by atoms with Crippen molar-refractivity contribution in [3.63, 3.8) is 0 Å². The minimum atomic E-state index is -0.811. The van der Waals surface area contributed by atoms with E-state index in [1.165, 1.54) is 6.07 Å². The number of rotatable bonds is 8. The molecule has 146 valence electrons. The van der Waals surface area contributed by atoms with Crippen molar-refractivity contribution < 1.29 is 18.3 Å². The molecular formula is C21H19ClF2N2O2. The number of aromatic nitrogens is 1. The Kier molecular flexibility index (Phi) is 6.76. The van der Waals surface area contributed by atoms with Crippen molar-refractivity contribution in [1.29, 1.82) is 0 Å². The zero-order valence-corrected chi connectivity index (χ0v) is 15.8. The van der Waals surface area contributed by atoms with E-state index in [1.54, 1.807) is 30.5 Å². The highest BCUT2D eigenvalue weighted by Crippen LogP contribution is 2.25. The SMILES string of the molecule is O=C(NCc1ccc(F)c(OCCCCCl)c1F)c1ccc2ncccc2c1. The van der Waals surface area contributed by atoms with Crippen LogP contribution < -0.4 is 10.1 Å². The number of alkyl halides is 1. The van der Waals surface area contributed by atoms with Crippen molar-refractivity contribution in [3.05, 3.63) is 71.4 Å². The molecule has 0 atom stereocenters. The summed E-state index contributed by atoms with van der Waals surface area (Å²) in [6, 6.07) is 11.2. The minimum Gasteiger partial charge on any atom is -0.488 e. The number of ether oxygens (including phenoxy) is 1. The Balaban J connectivity index is 1.68. The molecule has 3 aromatic rings. The molecule has 0 unspecified atom stereocenters. The summed E-state index contributed by atoms with van der Waals surface area (Å²) in [5, 5.41) is 3.48. The highest BCUT2D eigenvalue weighted by molar-refractivity contribution is 6.17. The van der Waals surface area contributed by atoms with Gasteiger partial charge < -0.3 is 10.1 Å². The first-order valence-corrected chi connectivity index (χ1v) is 9.42. The standard InChI is InChI=1S/C21H19ClF2N2O2/c22-9-1-2-11-28-20-17(23)7-5-16(19(20)24)13-26-21(27)15-6-8-18-14(12-15)4-3-10-25-18/h3-8,10,12H,1-2,9,11,13H2,(H,26,27). The van der Waals surface area contributed by atoms with Crippen molar-refractivity contribution in [1.82, 2.24) is 10.3 Å². The lowest BCUT2D eigenvalue weighted by molar-refractivity contribution is 0.0950. The molecule has 0 aliphatic rings. The molecule has 0 radical (unpaired) electrons. The lowest BCUT2D eigenvalue weighted by Gasteiger charge is -2.12. The number of unbranched alkanes of at least 4 members (excludes halogenated alkanes) is 1. The van der Waals surface area contributed by atoms with Gasteiger partial charge in [-0.3, -0.25) is 9.78 Å². The fraction of sp³-hybridized carbons (Fsp3) is 0.238. The third-order valence-electron chi connectivity index (χ3n) is 4.21. The Morgan fingerprint density at radius 1 is 1.14 bits per heavy atom. The van der Waals surface area contributed by atoms with Gasteiger partial charge in [0.2, 0.25) is 0 Å². The molecular weight excluding hydrogens is 386 g/mol. The van der Waals surface area contributed by atoms with Gasteiger partial charge in [0.25, 0.3) is 5.91 Å². The molecule has 1 heterocycles. The van der Waals surface area contributed by atoms with E-state index in [2.05, 4.69) is 10.3 Å². The molecule has 28 heavy (non-hydrogen) atoms. The van der Waals surface area contributed by atoms with Crippen LogP contribution in [0.5, 0.6) is 5.75 Å². The number of fused-ring (bicyclic) bond motifs is 1. The smallest absolute Gasteiger partial charge is 0.251 e. The van der Waals surface area contributed by atoms with E-state index in [-0.39, 0.29) is 24.6 Å². The van der Waals surface area contributed by atoms with Gasteiger partial charge >= 0.3 is 0 Å². The van der Waals surface area contributed by atoms with Crippen LogP contribution in [0, 0.1) is 11.6 Å². The molecule has 7 heteroatoms. The molecule has 0 aliphatic carbocycles. The van der Waals surface area contributed by atoms with Gasteiger partial charge in [0.15, 0.2) is 17.4 Å². The van der Waals surface area contributed by atoms with Gasteiger partial charge in [-0.2, -0.15) is 0 Å². The van der Waals surface area contributed by atoms with E-state index in [0.717, 1.165) is 17.0 Å². The molecule has 1 amide bonds. The topological polar surface area (TPSA) is 51.2 Å². The third kappa shape index (κ3) is 4.75. The number of carbonyl (C=O) groups excluding carboxylic acids is 1. The van der Waals surface area contributed by atoms with E-state index < -0.39 is 17.4 Å². The highest BCUT2D eigenvalue weighted by Gasteiger charge is 2.16. The molecule has 0 spiro atoms.